The van der Waals surface area contributed by atoms with E-state index in [-0.39, 0.29) is 18.6 Å². The lowest BCUT2D eigenvalue weighted by Crippen LogP contribution is -2.57. The second-order valence-corrected chi connectivity index (χ2v) is 4.17. The van der Waals surface area contributed by atoms with Gasteiger partial charge in [0.1, 0.15) is 17.7 Å². The lowest BCUT2D eigenvalue weighted by atomic mass is 10.1. The van der Waals surface area contributed by atoms with Crippen LogP contribution in [0.25, 0.3) is 0 Å². The topological polar surface area (TPSA) is 51.7 Å². The number of aromatic nitrogens is 1. The first-order chi connectivity index (χ1) is 8.20. The highest BCUT2D eigenvalue weighted by molar-refractivity contribution is 6.31. The lowest BCUT2D eigenvalue weighted by Gasteiger charge is -2.38. The van der Waals surface area contributed by atoms with Gasteiger partial charge < -0.3 is 14.4 Å². The molecule has 0 aliphatic carbocycles. The summed E-state index contributed by atoms with van der Waals surface area (Å²) in [5.41, 5.74) is 0. The molecule has 1 fully saturated rings. The normalized spacial score (nSPS) is 15.5. The number of hydrogen-bond donors (Lipinski definition) is 0. The van der Waals surface area contributed by atoms with Crippen molar-refractivity contribution in [1.29, 1.82) is 0 Å². The molecule has 1 amide bonds. The van der Waals surface area contributed by atoms with Gasteiger partial charge in [0, 0.05) is 13.3 Å². The number of carbonyl (C=O) groups is 1. The van der Waals surface area contributed by atoms with Gasteiger partial charge in [0.2, 0.25) is 11.8 Å². The van der Waals surface area contributed by atoms with Crippen molar-refractivity contribution in [3.05, 3.63) is 23.4 Å². The van der Waals surface area contributed by atoms with Crippen LogP contribution in [0, 0.1) is 0 Å². The summed E-state index contributed by atoms with van der Waals surface area (Å²) in [7, 11) is 1.50. The third kappa shape index (κ3) is 2.87. The molecule has 17 heavy (non-hydrogen) atoms. The maximum absolute atomic E-state index is 11.4. The number of ether oxygens (including phenoxy) is 2. The molecule has 2 rings (SSSR count). The van der Waals surface area contributed by atoms with E-state index in [2.05, 4.69) is 4.98 Å². The highest BCUT2D eigenvalue weighted by atomic mass is 35.5. The first-order valence-electron chi connectivity index (χ1n) is 5.24. The van der Waals surface area contributed by atoms with E-state index >= 15 is 0 Å². The minimum absolute atomic E-state index is 0.0283. The number of methoxy groups -OCH3 is 1. The van der Waals surface area contributed by atoms with E-state index in [0.717, 1.165) is 0 Å². The minimum Gasteiger partial charge on any atom is -0.470 e. The van der Waals surface area contributed by atoms with Gasteiger partial charge in [-0.05, 0) is 12.1 Å². The Morgan fingerprint density at radius 2 is 2.41 bits per heavy atom. The Bertz CT molecular complexity index is 407. The van der Waals surface area contributed by atoms with Crippen molar-refractivity contribution in [1.82, 2.24) is 9.88 Å². The molecule has 5 nitrogen and oxygen atoms in total. The predicted octanol–water partition coefficient (Wildman–Crippen LogP) is 0.971. The maximum atomic E-state index is 11.4. The van der Waals surface area contributed by atoms with Crippen LogP contribution >= 0.6 is 11.6 Å². The second kappa shape index (κ2) is 5.33. The third-order valence-electron chi connectivity index (χ3n) is 2.47. The van der Waals surface area contributed by atoms with Crippen LogP contribution in [-0.4, -0.2) is 48.7 Å². The van der Waals surface area contributed by atoms with Crippen LogP contribution in [0.2, 0.25) is 5.02 Å². The van der Waals surface area contributed by atoms with Crippen molar-refractivity contribution in [2.45, 2.75) is 6.10 Å². The number of pyridine rings is 1. The Hall–Kier alpha value is -1.33. The number of carbonyl (C=O) groups excluding carboxylic acids is 1. The maximum Gasteiger partial charge on any atom is 0.248 e. The summed E-state index contributed by atoms with van der Waals surface area (Å²) in [4.78, 5) is 17.1. The van der Waals surface area contributed by atoms with Crippen LogP contribution in [0.3, 0.4) is 0 Å². The molecule has 1 saturated heterocycles. The fourth-order valence-corrected chi connectivity index (χ4v) is 1.71. The summed E-state index contributed by atoms with van der Waals surface area (Å²) >= 11 is 5.91. The second-order valence-electron chi connectivity index (χ2n) is 3.76. The van der Waals surface area contributed by atoms with Crippen LogP contribution in [0.5, 0.6) is 5.88 Å². The monoisotopic (exact) mass is 256 g/mol. The zero-order chi connectivity index (χ0) is 12.3. The van der Waals surface area contributed by atoms with E-state index in [9.17, 15) is 4.79 Å². The average Bonchev–Trinajstić information content (AvgIpc) is 2.25. The summed E-state index contributed by atoms with van der Waals surface area (Å²) in [5.74, 6) is 0.387. The van der Waals surface area contributed by atoms with Gasteiger partial charge >= 0.3 is 0 Å². The van der Waals surface area contributed by atoms with Crippen LogP contribution in [-0.2, 0) is 9.53 Å². The lowest BCUT2D eigenvalue weighted by molar-refractivity contribution is -0.144. The number of rotatable bonds is 4. The van der Waals surface area contributed by atoms with Crippen molar-refractivity contribution < 1.29 is 14.3 Å². The summed E-state index contributed by atoms with van der Waals surface area (Å²) in [5, 5.41) is 0.481. The molecule has 92 valence electrons. The highest BCUT2D eigenvalue weighted by Crippen LogP contribution is 2.23. The fraction of sp³-hybridized carbons (Fsp3) is 0.455. The summed E-state index contributed by atoms with van der Waals surface area (Å²) in [6.45, 7) is 1.21. The van der Waals surface area contributed by atoms with Crippen LogP contribution in [0.4, 0.5) is 0 Å². The van der Waals surface area contributed by atoms with Crippen molar-refractivity contribution in [3.8, 4) is 5.88 Å². The Morgan fingerprint density at radius 3 is 3.06 bits per heavy atom. The van der Waals surface area contributed by atoms with Gasteiger partial charge in [-0.2, -0.15) is 0 Å². The summed E-state index contributed by atoms with van der Waals surface area (Å²) in [6, 6.07) is 3.46. The van der Waals surface area contributed by atoms with E-state index in [1.54, 1.807) is 23.2 Å². The molecule has 0 radical (unpaired) electrons. The Morgan fingerprint density at radius 1 is 1.65 bits per heavy atom. The van der Waals surface area contributed by atoms with Crippen molar-refractivity contribution in [2.75, 3.05) is 26.8 Å². The molecule has 0 unspecified atom stereocenters. The standard InChI is InChI=1S/C11H13ClN2O3/c1-16-7-10(15)14-5-8(6-14)17-11-9(12)3-2-4-13-11/h2-4,8H,5-7H2,1H3. The number of nitrogens with zero attached hydrogens (tertiary/aromatic N) is 2. The first kappa shape index (κ1) is 12.1. The molecule has 0 N–H and O–H groups in total. The first-order valence-corrected chi connectivity index (χ1v) is 5.62. The number of likely N-dealkylation sites (tertiary alicyclic amines) is 1. The molecule has 1 aromatic heterocycles. The van der Waals surface area contributed by atoms with E-state index in [1.165, 1.54) is 7.11 Å². The number of halogens is 1. The molecule has 2 heterocycles. The summed E-state index contributed by atoms with van der Waals surface area (Å²) in [6.07, 6.45) is 1.58. The fourth-order valence-electron chi connectivity index (χ4n) is 1.55. The molecule has 0 atom stereocenters. The van der Waals surface area contributed by atoms with Crippen molar-refractivity contribution >= 4 is 17.5 Å². The molecule has 0 aromatic carbocycles. The van der Waals surface area contributed by atoms with Gasteiger partial charge in [0.15, 0.2) is 0 Å². The predicted molar refractivity (Wildman–Crippen MR) is 62.1 cm³/mol. The Kier molecular flexibility index (Phi) is 3.81. The zero-order valence-corrected chi connectivity index (χ0v) is 10.2. The third-order valence-corrected chi connectivity index (χ3v) is 2.76. The van der Waals surface area contributed by atoms with Gasteiger partial charge in [-0.25, -0.2) is 4.98 Å². The van der Waals surface area contributed by atoms with Crippen LogP contribution < -0.4 is 4.74 Å². The van der Waals surface area contributed by atoms with Crippen LogP contribution in [0.15, 0.2) is 18.3 Å². The van der Waals surface area contributed by atoms with Gasteiger partial charge in [-0.15, -0.1) is 0 Å². The Balaban J connectivity index is 1.81. The molecule has 6 heteroatoms. The molecule has 1 aliphatic rings. The van der Waals surface area contributed by atoms with Gasteiger partial charge in [0.05, 0.1) is 13.1 Å². The van der Waals surface area contributed by atoms with Crippen molar-refractivity contribution in [2.24, 2.45) is 0 Å². The van der Waals surface area contributed by atoms with Gasteiger partial charge in [0.25, 0.3) is 0 Å². The molecular weight excluding hydrogens is 244 g/mol. The van der Waals surface area contributed by atoms with Crippen LogP contribution in [0.1, 0.15) is 0 Å². The van der Waals surface area contributed by atoms with Gasteiger partial charge in [-0.3, -0.25) is 4.79 Å². The van der Waals surface area contributed by atoms with E-state index < -0.39 is 0 Å². The molecule has 1 aromatic rings. The minimum atomic E-state index is -0.0387. The SMILES string of the molecule is COCC(=O)N1CC(Oc2ncccc2Cl)C1. The smallest absolute Gasteiger partial charge is 0.248 e. The number of amides is 1. The van der Waals surface area contributed by atoms with Gasteiger partial charge in [-0.1, -0.05) is 11.6 Å². The quantitative estimate of drug-likeness (QED) is 0.806. The van der Waals surface area contributed by atoms with E-state index in [0.29, 0.717) is 24.0 Å². The average molecular weight is 257 g/mol. The van der Waals surface area contributed by atoms with E-state index in [4.69, 9.17) is 21.1 Å². The van der Waals surface area contributed by atoms with Crippen molar-refractivity contribution in [3.63, 3.8) is 0 Å². The molecule has 0 bridgehead atoms. The van der Waals surface area contributed by atoms with E-state index in [1.807, 2.05) is 0 Å². The Labute approximate surface area is 104 Å². The molecular formula is C11H13ClN2O3. The largest absolute Gasteiger partial charge is 0.470 e. The molecule has 1 aliphatic heterocycles. The molecule has 0 saturated carbocycles. The zero-order valence-electron chi connectivity index (χ0n) is 9.43. The number of hydrogen-bond acceptors (Lipinski definition) is 4. The highest BCUT2D eigenvalue weighted by Gasteiger charge is 2.32. The molecule has 0 spiro atoms. The summed E-state index contributed by atoms with van der Waals surface area (Å²) < 4.78 is 10.3.